The summed E-state index contributed by atoms with van der Waals surface area (Å²) >= 11 is 0. The topological polar surface area (TPSA) is 48.0 Å². The number of nitrogens with zero attached hydrogens (tertiary/aromatic N) is 1. The van der Waals surface area contributed by atoms with Gasteiger partial charge in [0.2, 0.25) is 0 Å². The van der Waals surface area contributed by atoms with Gasteiger partial charge in [-0.1, -0.05) is 36.4 Å². The molecule has 0 saturated carbocycles. The molecule has 1 aliphatic rings. The molecule has 0 amide bonds. The average molecular weight is 510 g/mol. The van der Waals surface area contributed by atoms with Crippen molar-refractivity contribution in [3.05, 3.63) is 101 Å². The minimum Gasteiger partial charge on any atom is -0.497 e. The third-order valence-electron chi connectivity index (χ3n) is 6.85. The van der Waals surface area contributed by atoms with Gasteiger partial charge in [0, 0.05) is 13.1 Å². The zero-order valence-corrected chi connectivity index (χ0v) is 21.3. The van der Waals surface area contributed by atoms with Gasteiger partial charge in [-0.15, -0.1) is 0 Å². The zero-order valence-electron chi connectivity index (χ0n) is 21.3. The van der Waals surface area contributed by atoms with Gasteiger partial charge in [0.1, 0.15) is 23.0 Å². The highest BCUT2D eigenvalue weighted by molar-refractivity contribution is 5.72. The number of carbonyl (C=O) groups excluding carboxylic acids is 1. The van der Waals surface area contributed by atoms with Crippen LogP contribution in [0.5, 0.6) is 5.75 Å². The van der Waals surface area contributed by atoms with E-state index in [1.807, 2.05) is 31.2 Å². The van der Waals surface area contributed by atoms with Crippen molar-refractivity contribution >= 4 is 5.97 Å². The lowest BCUT2D eigenvalue weighted by molar-refractivity contribution is -0.150. The molecule has 0 aliphatic carbocycles. The van der Waals surface area contributed by atoms with Crippen LogP contribution in [0.1, 0.15) is 36.5 Å². The molecule has 7 heteroatoms. The summed E-state index contributed by atoms with van der Waals surface area (Å²) in [7, 11) is 1.60. The largest absolute Gasteiger partial charge is 0.497 e. The van der Waals surface area contributed by atoms with Crippen LogP contribution >= 0.6 is 0 Å². The summed E-state index contributed by atoms with van der Waals surface area (Å²) < 4.78 is 45.2. The molecule has 0 N–H and O–H groups in total. The predicted octanol–water partition coefficient (Wildman–Crippen LogP) is 5.56. The smallest absolute Gasteiger partial charge is 0.310 e. The summed E-state index contributed by atoms with van der Waals surface area (Å²) in [5.41, 5.74) is 1.11. The molecule has 1 unspecified atom stereocenters. The second-order valence-corrected chi connectivity index (χ2v) is 9.16. The third kappa shape index (κ3) is 6.17. The highest BCUT2D eigenvalue weighted by atomic mass is 19.1. The molecule has 0 spiro atoms. The lowest BCUT2D eigenvalue weighted by atomic mass is 9.80. The first-order valence-electron chi connectivity index (χ1n) is 12.7. The van der Waals surface area contributed by atoms with E-state index in [2.05, 4.69) is 4.90 Å². The summed E-state index contributed by atoms with van der Waals surface area (Å²) in [5.74, 6) is -0.323. The molecule has 1 saturated heterocycles. The van der Waals surface area contributed by atoms with Crippen molar-refractivity contribution in [2.24, 2.45) is 5.92 Å². The van der Waals surface area contributed by atoms with Crippen LogP contribution in [0, 0.1) is 17.6 Å². The van der Waals surface area contributed by atoms with Crippen molar-refractivity contribution in [3.8, 4) is 5.75 Å². The number of likely N-dealkylation sites (tertiary alicyclic amines) is 1. The number of methoxy groups -OCH3 is 1. The fourth-order valence-electron chi connectivity index (χ4n) is 4.98. The zero-order chi connectivity index (χ0) is 26.3. The molecule has 1 aliphatic heterocycles. The van der Waals surface area contributed by atoms with Crippen molar-refractivity contribution in [3.63, 3.8) is 0 Å². The lowest BCUT2D eigenvalue weighted by Crippen LogP contribution is -2.42. The van der Waals surface area contributed by atoms with Gasteiger partial charge in [-0.25, -0.2) is 8.78 Å². The van der Waals surface area contributed by atoms with Crippen LogP contribution in [-0.4, -0.2) is 50.8 Å². The molecule has 1 heterocycles. The fourth-order valence-corrected chi connectivity index (χ4v) is 4.98. The molecule has 1 atom stereocenters. The molecule has 3 aromatic carbocycles. The number of carbonyl (C=O) groups is 1. The number of rotatable bonds is 10. The van der Waals surface area contributed by atoms with Gasteiger partial charge in [-0.3, -0.25) is 4.79 Å². The molecule has 1 fully saturated rings. The number of hydrogen-bond acceptors (Lipinski definition) is 5. The van der Waals surface area contributed by atoms with E-state index in [1.165, 1.54) is 24.3 Å². The lowest BCUT2D eigenvalue weighted by Gasteiger charge is -2.37. The van der Waals surface area contributed by atoms with Crippen molar-refractivity contribution in [1.82, 2.24) is 4.90 Å². The Kier molecular flexibility index (Phi) is 8.90. The standard InChI is InChI=1S/C30H33F2NO4/c1-3-36-29(34)22-5-4-18-33(21-22)19-20-37-30(23-6-12-26(31)13-7-23,24-8-14-27(32)15-9-24)25-10-16-28(35-2)17-11-25/h6-17,22H,3-5,18-21H2,1-2H3. The van der Waals surface area contributed by atoms with Crippen LogP contribution in [0.2, 0.25) is 0 Å². The van der Waals surface area contributed by atoms with Gasteiger partial charge < -0.3 is 19.1 Å². The monoisotopic (exact) mass is 509 g/mol. The Labute approximate surface area is 217 Å². The van der Waals surface area contributed by atoms with Crippen LogP contribution in [0.3, 0.4) is 0 Å². The van der Waals surface area contributed by atoms with Crippen molar-refractivity contribution < 1.29 is 27.8 Å². The molecule has 196 valence electrons. The van der Waals surface area contributed by atoms with Crippen LogP contribution < -0.4 is 4.74 Å². The highest BCUT2D eigenvalue weighted by Crippen LogP contribution is 2.41. The SMILES string of the molecule is CCOC(=O)C1CCCN(CCOC(c2ccc(F)cc2)(c2ccc(F)cc2)c2ccc(OC)cc2)C1. The molecule has 0 radical (unpaired) electrons. The molecule has 37 heavy (non-hydrogen) atoms. The molecule has 4 rings (SSSR count). The number of hydrogen-bond donors (Lipinski definition) is 0. The van der Waals surface area contributed by atoms with Crippen molar-refractivity contribution in [2.45, 2.75) is 25.4 Å². The number of esters is 1. The Morgan fingerprint density at radius 3 is 1.97 bits per heavy atom. The van der Waals surface area contributed by atoms with Gasteiger partial charge in [0.25, 0.3) is 0 Å². The maximum atomic E-state index is 13.9. The molecular formula is C30H33F2NO4. The average Bonchev–Trinajstić information content (AvgIpc) is 2.93. The van der Waals surface area contributed by atoms with E-state index in [0.717, 1.165) is 24.9 Å². The fraction of sp³-hybridized carbons (Fsp3) is 0.367. The molecule has 0 aromatic heterocycles. The number of benzene rings is 3. The van der Waals surface area contributed by atoms with E-state index < -0.39 is 5.60 Å². The van der Waals surface area contributed by atoms with E-state index in [0.29, 0.717) is 43.2 Å². The maximum Gasteiger partial charge on any atom is 0.310 e. The summed E-state index contributed by atoms with van der Waals surface area (Å²) in [6.07, 6.45) is 1.72. The Hall–Kier alpha value is -3.29. The second kappa shape index (κ2) is 12.3. The molecule has 5 nitrogen and oxygen atoms in total. The van der Waals surface area contributed by atoms with Crippen LogP contribution in [-0.2, 0) is 19.9 Å². The normalized spacial score (nSPS) is 16.4. The van der Waals surface area contributed by atoms with Crippen molar-refractivity contribution in [2.75, 3.05) is 40.0 Å². The summed E-state index contributed by atoms with van der Waals surface area (Å²) in [5, 5.41) is 0. The third-order valence-corrected chi connectivity index (χ3v) is 6.85. The number of ether oxygens (including phenoxy) is 3. The maximum absolute atomic E-state index is 13.9. The summed E-state index contributed by atoms with van der Waals surface area (Å²) in [4.78, 5) is 14.5. The van der Waals surface area contributed by atoms with E-state index in [1.54, 1.807) is 31.4 Å². The van der Waals surface area contributed by atoms with Gasteiger partial charge in [0.15, 0.2) is 0 Å². The van der Waals surface area contributed by atoms with E-state index in [4.69, 9.17) is 14.2 Å². The summed E-state index contributed by atoms with van der Waals surface area (Å²) in [6.45, 7) is 4.59. The van der Waals surface area contributed by atoms with E-state index >= 15 is 0 Å². The van der Waals surface area contributed by atoms with Crippen molar-refractivity contribution in [1.29, 1.82) is 0 Å². The first-order valence-corrected chi connectivity index (χ1v) is 12.7. The molecular weight excluding hydrogens is 476 g/mol. The Morgan fingerprint density at radius 1 is 0.919 bits per heavy atom. The minimum absolute atomic E-state index is 0.144. The van der Waals surface area contributed by atoms with Gasteiger partial charge >= 0.3 is 5.97 Å². The Morgan fingerprint density at radius 2 is 1.46 bits per heavy atom. The summed E-state index contributed by atoms with van der Waals surface area (Å²) in [6, 6.07) is 19.9. The van der Waals surface area contributed by atoms with Gasteiger partial charge in [-0.2, -0.15) is 0 Å². The van der Waals surface area contributed by atoms with Crippen LogP contribution in [0.4, 0.5) is 8.78 Å². The highest BCUT2D eigenvalue weighted by Gasteiger charge is 2.38. The minimum atomic E-state index is -1.12. The Bertz CT molecular complexity index is 1100. The molecule has 3 aromatic rings. The second-order valence-electron chi connectivity index (χ2n) is 9.16. The number of halogens is 2. The first kappa shape index (κ1) is 26.8. The quantitative estimate of drug-likeness (QED) is 0.265. The van der Waals surface area contributed by atoms with Gasteiger partial charge in [0.05, 0.1) is 26.2 Å². The molecule has 0 bridgehead atoms. The van der Waals surface area contributed by atoms with Crippen LogP contribution in [0.25, 0.3) is 0 Å². The number of piperidine rings is 1. The van der Waals surface area contributed by atoms with Crippen LogP contribution in [0.15, 0.2) is 72.8 Å². The first-order chi connectivity index (χ1) is 18.0. The van der Waals surface area contributed by atoms with E-state index in [-0.39, 0.29) is 23.5 Å². The predicted molar refractivity (Wildman–Crippen MR) is 137 cm³/mol. The van der Waals surface area contributed by atoms with E-state index in [9.17, 15) is 13.6 Å². The Balaban J connectivity index is 1.67. The van der Waals surface area contributed by atoms with Gasteiger partial charge in [-0.05, 0) is 79.4 Å².